The van der Waals surface area contributed by atoms with Crippen LogP contribution in [0.2, 0.25) is 0 Å². The van der Waals surface area contributed by atoms with Crippen LogP contribution in [0.25, 0.3) is 0 Å². The van der Waals surface area contributed by atoms with Crippen molar-refractivity contribution in [2.24, 2.45) is 5.92 Å². The lowest BCUT2D eigenvalue weighted by Crippen LogP contribution is -2.47. The van der Waals surface area contributed by atoms with Crippen LogP contribution < -0.4 is 5.32 Å². The van der Waals surface area contributed by atoms with E-state index in [9.17, 15) is 0 Å². The third-order valence-electron chi connectivity index (χ3n) is 4.55. The Labute approximate surface area is 94.4 Å². The van der Waals surface area contributed by atoms with Crippen LogP contribution in [-0.4, -0.2) is 36.6 Å². The minimum atomic E-state index is 0.799. The van der Waals surface area contributed by atoms with Crippen LogP contribution >= 0.6 is 0 Å². The quantitative estimate of drug-likeness (QED) is 0.765. The van der Waals surface area contributed by atoms with Gasteiger partial charge in [0, 0.05) is 18.1 Å². The van der Waals surface area contributed by atoms with Crippen LogP contribution in [0.3, 0.4) is 0 Å². The van der Waals surface area contributed by atoms with Crippen LogP contribution in [0.4, 0.5) is 0 Å². The molecule has 3 atom stereocenters. The average Bonchev–Trinajstić information content (AvgIpc) is 2.50. The fourth-order valence-electron chi connectivity index (χ4n) is 3.09. The predicted octanol–water partition coefficient (Wildman–Crippen LogP) is 2.25. The van der Waals surface area contributed by atoms with Gasteiger partial charge in [0.25, 0.3) is 0 Å². The van der Waals surface area contributed by atoms with Crippen LogP contribution in [-0.2, 0) is 0 Å². The molecule has 15 heavy (non-hydrogen) atoms. The summed E-state index contributed by atoms with van der Waals surface area (Å²) < 4.78 is 0. The summed E-state index contributed by atoms with van der Waals surface area (Å²) in [6, 6.07) is 2.55. The molecule has 2 bridgehead atoms. The summed E-state index contributed by atoms with van der Waals surface area (Å²) in [5, 5.41) is 3.77. The van der Waals surface area contributed by atoms with Gasteiger partial charge in [-0.1, -0.05) is 20.3 Å². The van der Waals surface area contributed by atoms with Crippen molar-refractivity contribution in [3.05, 3.63) is 0 Å². The maximum atomic E-state index is 3.77. The summed E-state index contributed by atoms with van der Waals surface area (Å²) in [6.45, 7) is 5.84. The van der Waals surface area contributed by atoms with Crippen molar-refractivity contribution in [2.75, 3.05) is 13.6 Å². The molecule has 2 aliphatic heterocycles. The van der Waals surface area contributed by atoms with Crippen LogP contribution in [0, 0.1) is 5.92 Å². The minimum Gasteiger partial charge on any atom is -0.314 e. The maximum absolute atomic E-state index is 3.77. The molecule has 88 valence electrons. The second kappa shape index (κ2) is 4.84. The van der Waals surface area contributed by atoms with Gasteiger partial charge in [-0.05, 0) is 45.2 Å². The largest absolute Gasteiger partial charge is 0.314 e. The Kier molecular flexibility index (Phi) is 3.68. The second-order valence-corrected chi connectivity index (χ2v) is 5.64. The zero-order chi connectivity index (χ0) is 10.8. The van der Waals surface area contributed by atoms with Gasteiger partial charge in [0.05, 0.1) is 0 Å². The van der Waals surface area contributed by atoms with E-state index in [0.29, 0.717) is 0 Å². The molecule has 2 saturated heterocycles. The Morgan fingerprint density at radius 2 is 1.87 bits per heavy atom. The zero-order valence-electron chi connectivity index (χ0n) is 10.5. The number of rotatable bonds is 4. The summed E-state index contributed by atoms with van der Waals surface area (Å²) in [5.41, 5.74) is 0. The topological polar surface area (TPSA) is 15.3 Å². The van der Waals surface area contributed by atoms with Gasteiger partial charge in [-0.25, -0.2) is 0 Å². The molecule has 2 nitrogen and oxygen atoms in total. The first kappa shape index (κ1) is 11.4. The standard InChI is InChI=1S/C13H26N2/c1-4-10(2)9-14-11-7-12-5-6-13(8-11)15(12)3/h10-14H,4-9H2,1-3H3. The Balaban J connectivity index is 1.77. The highest BCUT2D eigenvalue weighted by molar-refractivity contribution is 4.95. The summed E-state index contributed by atoms with van der Waals surface area (Å²) in [7, 11) is 2.31. The predicted molar refractivity (Wildman–Crippen MR) is 65.1 cm³/mol. The van der Waals surface area contributed by atoms with Gasteiger partial charge in [0.1, 0.15) is 0 Å². The zero-order valence-corrected chi connectivity index (χ0v) is 10.5. The van der Waals surface area contributed by atoms with Gasteiger partial charge in [-0.15, -0.1) is 0 Å². The van der Waals surface area contributed by atoms with Gasteiger partial charge in [0.15, 0.2) is 0 Å². The molecule has 0 aromatic rings. The monoisotopic (exact) mass is 210 g/mol. The molecule has 0 radical (unpaired) electrons. The Morgan fingerprint density at radius 1 is 1.27 bits per heavy atom. The van der Waals surface area contributed by atoms with Crippen molar-refractivity contribution < 1.29 is 0 Å². The first-order valence-corrected chi connectivity index (χ1v) is 6.66. The lowest BCUT2D eigenvalue weighted by Gasteiger charge is -2.37. The highest BCUT2D eigenvalue weighted by Crippen LogP contribution is 2.34. The van der Waals surface area contributed by atoms with E-state index in [1.807, 2.05) is 0 Å². The first-order valence-electron chi connectivity index (χ1n) is 6.66. The molecule has 0 aromatic heterocycles. The normalized spacial score (nSPS) is 38.2. The number of nitrogens with one attached hydrogen (secondary N) is 1. The highest BCUT2D eigenvalue weighted by Gasteiger charge is 2.37. The van der Waals surface area contributed by atoms with Crippen LogP contribution in [0.5, 0.6) is 0 Å². The number of hydrogen-bond donors (Lipinski definition) is 1. The van der Waals surface area contributed by atoms with E-state index in [2.05, 4.69) is 31.1 Å². The van der Waals surface area contributed by atoms with E-state index in [-0.39, 0.29) is 0 Å². The maximum Gasteiger partial charge on any atom is 0.0111 e. The number of fused-ring (bicyclic) bond motifs is 2. The molecule has 2 fully saturated rings. The molecule has 1 N–H and O–H groups in total. The van der Waals surface area contributed by atoms with Gasteiger partial charge >= 0.3 is 0 Å². The van der Waals surface area contributed by atoms with E-state index < -0.39 is 0 Å². The van der Waals surface area contributed by atoms with Crippen molar-refractivity contribution >= 4 is 0 Å². The molecule has 0 saturated carbocycles. The summed E-state index contributed by atoms with van der Waals surface area (Å²) in [6.07, 6.45) is 6.92. The average molecular weight is 210 g/mol. The number of piperidine rings is 1. The smallest absolute Gasteiger partial charge is 0.0111 e. The minimum absolute atomic E-state index is 0.799. The van der Waals surface area contributed by atoms with Crippen molar-refractivity contribution in [3.8, 4) is 0 Å². The fourth-order valence-corrected chi connectivity index (χ4v) is 3.09. The molecule has 0 spiro atoms. The van der Waals surface area contributed by atoms with Crippen molar-refractivity contribution in [3.63, 3.8) is 0 Å². The molecule has 2 rings (SSSR count). The fraction of sp³-hybridized carbons (Fsp3) is 1.00. The molecule has 2 heteroatoms. The van der Waals surface area contributed by atoms with Gasteiger partial charge < -0.3 is 10.2 Å². The van der Waals surface area contributed by atoms with Gasteiger partial charge in [0.2, 0.25) is 0 Å². The molecule has 3 unspecified atom stereocenters. The van der Waals surface area contributed by atoms with E-state index in [4.69, 9.17) is 0 Å². The Morgan fingerprint density at radius 3 is 2.40 bits per heavy atom. The summed E-state index contributed by atoms with van der Waals surface area (Å²) >= 11 is 0. The molecule has 0 amide bonds. The van der Waals surface area contributed by atoms with E-state index in [0.717, 1.165) is 24.0 Å². The van der Waals surface area contributed by atoms with Gasteiger partial charge in [-0.2, -0.15) is 0 Å². The lowest BCUT2D eigenvalue weighted by atomic mass is 9.97. The van der Waals surface area contributed by atoms with Crippen LogP contribution in [0.1, 0.15) is 46.0 Å². The molecule has 0 aromatic carbocycles. The van der Waals surface area contributed by atoms with Gasteiger partial charge in [-0.3, -0.25) is 0 Å². The Hall–Kier alpha value is -0.0800. The summed E-state index contributed by atoms with van der Waals surface area (Å²) in [4.78, 5) is 2.61. The molecular formula is C13H26N2. The Bertz CT molecular complexity index is 191. The first-order chi connectivity index (χ1) is 7.20. The number of nitrogens with zero attached hydrogens (tertiary/aromatic N) is 1. The number of hydrogen-bond acceptors (Lipinski definition) is 2. The highest BCUT2D eigenvalue weighted by atomic mass is 15.2. The van der Waals surface area contributed by atoms with Crippen LogP contribution in [0.15, 0.2) is 0 Å². The second-order valence-electron chi connectivity index (χ2n) is 5.64. The third kappa shape index (κ3) is 2.54. The molecular weight excluding hydrogens is 184 g/mol. The molecule has 2 aliphatic rings. The lowest BCUT2D eigenvalue weighted by molar-refractivity contribution is 0.147. The van der Waals surface area contributed by atoms with E-state index in [1.165, 1.54) is 38.6 Å². The van der Waals surface area contributed by atoms with E-state index in [1.54, 1.807) is 0 Å². The van der Waals surface area contributed by atoms with Crippen molar-refractivity contribution in [1.29, 1.82) is 0 Å². The molecule has 0 aliphatic carbocycles. The van der Waals surface area contributed by atoms with Crippen molar-refractivity contribution in [2.45, 2.75) is 64.1 Å². The molecule has 2 heterocycles. The van der Waals surface area contributed by atoms with E-state index >= 15 is 0 Å². The third-order valence-corrected chi connectivity index (χ3v) is 4.55. The SMILES string of the molecule is CCC(C)CNC1CC2CCC(C1)N2C. The van der Waals surface area contributed by atoms with Crippen molar-refractivity contribution in [1.82, 2.24) is 10.2 Å². The summed E-state index contributed by atoms with van der Waals surface area (Å²) in [5.74, 6) is 0.835.